The Morgan fingerprint density at radius 1 is 1.43 bits per heavy atom. The van der Waals surface area contributed by atoms with Crippen molar-refractivity contribution in [3.8, 4) is 0 Å². The van der Waals surface area contributed by atoms with Gasteiger partial charge in [0.1, 0.15) is 16.7 Å². The van der Waals surface area contributed by atoms with E-state index >= 15 is 0 Å². The van der Waals surface area contributed by atoms with E-state index in [1.807, 2.05) is 6.92 Å². The summed E-state index contributed by atoms with van der Waals surface area (Å²) < 4.78 is 4.99. The standard InChI is InChI=1S/C15H18N4O3S/c1-3-10(14(21)22-4-2)18-15-19-13(16)12(23-15)11(20)9-6-5-7-17-8-9/h5-8,10H,3-4,16H2,1-2H3,(H,18,19). The molecule has 1 atom stereocenters. The monoisotopic (exact) mass is 334 g/mol. The molecule has 0 amide bonds. The first kappa shape index (κ1) is 16.9. The maximum Gasteiger partial charge on any atom is 0.328 e. The van der Waals surface area contributed by atoms with E-state index in [9.17, 15) is 9.59 Å². The molecule has 23 heavy (non-hydrogen) atoms. The van der Waals surface area contributed by atoms with Gasteiger partial charge in [-0.2, -0.15) is 0 Å². The Morgan fingerprint density at radius 3 is 2.83 bits per heavy atom. The zero-order valence-electron chi connectivity index (χ0n) is 12.9. The smallest absolute Gasteiger partial charge is 0.328 e. The maximum absolute atomic E-state index is 12.4. The summed E-state index contributed by atoms with van der Waals surface area (Å²) in [5, 5.41) is 3.38. The summed E-state index contributed by atoms with van der Waals surface area (Å²) in [6.07, 6.45) is 3.59. The van der Waals surface area contributed by atoms with Crippen LogP contribution in [-0.4, -0.2) is 34.4 Å². The fourth-order valence-electron chi connectivity index (χ4n) is 1.90. The number of anilines is 2. The summed E-state index contributed by atoms with van der Waals surface area (Å²) in [6.45, 7) is 3.91. The van der Waals surface area contributed by atoms with Crippen molar-refractivity contribution in [2.75, 3.05) is 17.7 Å². The molecular formula is C15H18N4O3S. The van der Waals surface area contributed by atoms with Crippen LogP contribution in [0.25, 0.3) is 0 Å². The largest absolute Gasteiger partial charge is 0.464 e. The van der Waals surface area contributed by atoms with Crippen molar-refractivity contribution >= 4 is 34.0 Å². The average Bonchev–Trinajstić information content (AvgIpc) is 2.93. The third-order valence-corrected chi connectivity index (χ3v) is 4.06. The SMILES string of the molecule is CCOC(=O)C(CC)Nc1nc(N)c(C(=O)c2cccnc2)s1. The first-order valence-electron chi connectivity index (χ1n) is 7.21. The second-order valence-electron chi connectivity index (χ2n) is 4.66. The van der Waals surface area contributed by atoms with Gasteiger partial charge in [-0.05, 0) is 25.5 Å². The van der Waals surface area contributed by atoms with E-state index in [0.717, 1.165) is 11.3 Å². The third kappa shape index (κ3) is 4.04. The van der Waals surface area contributed by atoms with Gasteiger partial charge in [0.25, 0.3) is 0 Å². The average molecular weight is 334 g/mol. The van der Waals surface area contributed by atoms with Crippen molar-refractivity contribution in [3.63, 3.8) is 0 Å². The number of nitrogens with two attached hydrogens (primary N) is 1. The second-order valence-corrected chi connectivity index (χ2v) is 5.66. The fourth-order valence-corrected chi connectivity index (χ4v) is 2.80. The van der Waals surface area contributed by atoms with Crippen LogP contribution in [0.2, 0.25) is 0 Å². The predicted molar refractivity (Wildman–Crippen MR) is 88.5 cm³/mol. The molecule has 0 bridgehead atoms. The van der Waals surface area contributed by atoms with Crippen molar-refractivity contribution in [1.82, 2.24) is 9.97 Å². The minimum atomic E-state index is -0.526. The molecule has 0 spiro atoms. The number of carbonyl (C=O) groups is 2. The Morgan fingerprint density at radius 2 is 2.22 bits per heavy atom. The highest BCUT2D eigenvalue weighted by atomic mass is 32.1. The molecule has 3 N–H and O–H groups in total. The molecule has 2 rings (SSSR count). The zero-order chi connectivity index (χ0) is 16.8. The topological polar surface area (TPSA) is 107 Å². The Hall–Kier alpha value is -2.48. The van der Waals surface area contributed by atoms with Gasteiger partial charge in [-0.25, -0.2) is 9.78 Å². The van der Waals surface area contributed by atoms with Crippen molar-refractivity contribution in [2.24, 2.45) is 0 Å². The van der Waals surface area contributed by atoms with Gasteiger partial charge in [-0.15, -0.1) is 0 Å². The van der Waals surface area contributed by atoms with E-state index in [1.165, 1.54) is 6.20 Å². The summed E-state index contributed by atoms with van der Waals surface area (Å²) in [7, 11) is 0. The third-order valence-electron chi connectivity index (χ3n) is 3.06. The molecule has 0 saturated carbocycles. The van der Waals surface area contributed by atoms with Crippen LogP contribution >= 0.6 is 11.3 Å². The van der Waals surface area contributed by atoms with Crippen molar-refractivity contribution in [3.05, 3.63) is 35.0 Å². The number of rotatable bonds is 7. The van der Waals surface area contributed by atoms with Gasteiger partial charge in [0.2, 0.25) is 5.78 Å². The molecule has 0 aliphatic rings. The molecule has 8 heteroatoms. The lowest BCUT2D eigenvalue weighted by Crippen LogP contribution is -2.30. The number of thiazole rings is 1. The number of hydrogen-bond donors (Lipinski definition) is 2. The van der Waals surface area contributed by atoms with Crippen LogP contribution in [0.1, 0.15) is 35.5 Å². The van der Waals surface area contributed by atoms with Crippen LogP contribution in [0.5, 0.6) is 0 Å². The molecule has 0 saturated heterocycles. The Balaban J connectivity index is 2.17. The number of hydrogen-bond acceptors (Lipinski definition) is 8. The first-order chi connectivity index (χ1) is 11.1. The van der Waals surface area contributed by atoms with Crippen LogP contribution < -0.4 is 11.1 Å². The van der Waals surface area contributed by atoms with Crippen molar-refractivity contribution in [1.29, 1.82) is 0 Å². The number of nitrogens with zero attached hydrogens (tertiary/aromatic N) is 2. The summed E-state index contributed by atoms with van der Waals surface area (Å²) >= 11 is 1.11. The number of ether oxygens (including phenoxy) is 1. The van der Waals surface area contributed by atoms with Gasteiger partial charge < -0.3 is 15.8 Å². The highest BCUT2D eigenvalue weighted by molar-refractivity contribution is 7.18. The highest BCUT2D eigenvalue weighted by Crippen LogP contribution is 2.28. The number of nitrogens with one attached hydrogen (secondary N) is 1. The fraction of sp³-hybridized carbons (Fsp3) is 0.333. The molecular weight excluding hydrogens is 316 g/mol. The Bertz CT molecular complexity index is 687. The van der Waals surface area contributed by atoms with E-state index in [4.69, 9.17) is 10.5 Å². The molecule has 2 aromatic rings. The van der Waals surface area contributed by atoms with Crippen molar-refractivity contribution in [2.45, 2.75) is 26.3 Å². The van der Waals surface area contributed by atoms with E-state index in [2.05, 4.69) is 15.3 Å². The summed E-state index contributed by atoms with van der Waals surface area (Å²) in [6, 6.07) is 2.81. The molecule has 1 unspecified atom stereocenters. The van der Waals surface area contributed by atoms with Gasteiger partial charge in [-0.1, -0.05) is 18.3 Å². The quantitative estimate of drug-likeness (QED) is 0.590. The minimum Gasteiger partial charge on any atom is -0.464 e. The number of ketones is 1. The lowest BCUT2D eigenvalue weighted by atomic mass is 10.2. The van der Waals surface area contributed by atoms with Crippen LogP contribution in [0.3, 0.4) is 0 Å². The van der Waals surface area contributed by atoms with Gasteiger partial charge in [-0.3, -0.25) is 9.78 Å². The normalized spacial score (nSPS) is 11.7. The summed E-state index contributed by atoms with van der Waals surface area (Å²) in [5.41, 5.74) is 6.27. The number of aromatic nitrogens is 2. The predicted octanol–water partition coefficient (Wildman–Crippen LogP) is 2.10. The van der Waals surface area contributed by atoms with Gasteiger partial charge >= 0.3 is 5.97 Å². The number of carbonyl (C=O) groups excluding carboxylic acids is 2. The zero-order valence-corrected chi connectivity index (χ0v) is 13.7. The Kier molecular flexibility index (Phi) is 5.64. The van der Waals surface area contributed by atoms with Crippen LogP contribution in [0, 0.1) is 0 Å². The Labute approximate surface area is 137 Å². The van der Waals surface area contributed by atoms with Crippen LogP contribution in [0.4, 0.5) is 10.9 Å². The molecule has 122 valence electrons. The lowest BCUT2D eigenvalue weighted by molar-refractivity contribution is -0.144. The van der Waals surface area contributed by atoms with Gasteiger partial charge in [0.05, 0.1) is 6.61 Å². The molecule has 7 nitrogen and oxygen atoms in total. The summed E-state index contributed by atoms with van der Waals surface area (Å²) in [4.78, 5) is 32.6. The lowest BCUT2D eigenvalue weighted by Gasteiger charge is -2.14. The number of nitrogen functional groups attached to an aromatic ring is 1. The molecule has 0 fully saturated rings. The van der Waals surface area contributed by atoms with Crippen LogP contribution in [0.15, 0.2) is 24.5 Å². The molecule has 0 aliphatic carbocycles. The summed E-state index contributed by atoms with van der Waals surface area (Å²) in [5.74, 6) is -0.473. The molecule has 0 aromatic carbocycles. The second kappa shape index (κ2) is 7.68. The minimum absolute atomic E-state index is 0.130. The van der Waals surface area contributed by atoms with E-state index in [0.29, 0.717) is 28.6 Å². The van der Waals surface area contributed by atoms with Crippen molar-refractivity contribution < 1.29 is 14.3 Å². The van der Waals surface area contributed by atoms with Gasteiger partial charge in [0.15, 0.2) is 5.13 Å². The molecule has 2 aromatic heterocycles. The van der Waals surface area contributed by atoms with Crippen LogP contribution in [-0.2, 0) is 9.53 Å². The van der Waals surface area contributed by atoms with E-state index < -0.39 is 6.04 Å². The number of pyridine rings is 1. The first-order valence-corrected chi connectivity index (χ1v) is 8.02. The highest BCUT2D eigenvalue weighted by Gasteiger charge is 2.22. The number of esters is 1. The van der Waals surface area contributed by atoms with E-state index in [1.54, 1.807) is 25.3 Å². The van der Waals surface area contributed by atoms with Gasteiger partial charge in [0, 0.05) is 18.0 Å². The molecule has 0 radical (unpaired) electrons. The molecule has 2 heterocycles. The maximum atomic E-state index is 12.4. The molecule has 0 aliphatic heterocycles. The van der Waals surface area contributed by atoms with E-state index in [-0.39, 0.29) is 17.6 Å².